The van der Waals surface area contributed by atoms with Crippen molar-refractivity contribution in [1.29, 1.82) is 0 Å². The van der Waals surface area contributed by atoms with Crippen LogP contribution in [0.25, 0.3) is 0 Å². The minimum atomic E-state index is 0. The fraction of sp³-hybridized carbons (Fsp3) is 1.00. The van der Waals surface area contributed by atoms with Crippen LogP contribution in [0.15, 0.2) is 0 Å². The summed E-state index contributed by atoms with van der Waals surface area (Å²) in [5, 5.41) is 0. The van der Waals surface area contributed by atoms with E-state index in [0.29, 0.717) is 0 Å². The molecule has 1 aliphatic carbocycles. The molecule has 0 aliphatic heterocycles. The van der Waals surface area contributed by atoms with Crippen LogP contribution < -0.4 is 0 Å². The second-order valence-corrected chi connectivity index (χ2v) is 6.96. The number of rotatable bonds is 4. The molecule has 0 nitrogen and oxygen atoms in total. The van der Waals surface area contributed by atoms with Crippen LogP contribution in [0.2, 0.25) is 0 Å². The highest BCUT2D eigenvalue weighted by Gasteiger charge is 2.25. The largest absolute Gasteiger partial charge is 0.0776 e. The van der Waals surface area contributed by atoms with Crippen LogP contribution in [0.1, 0.15) is 98.3 Å². The molecule has 2 heteroatoms. The lowest BCUT2D eigenvalue weighted by Crippen LogP contribution is -2.10. The Kier molecular flexibility index (Phi) is 28.5. The van der Waals surface area contributed by atoms with Crippen molar-refractivity contribution < 1.29 is 2.85 Å². The summed E-state index contributed by atoms with van der Waals surface area (Å²) in [5.74, 6) is 4.76. The van der Waals surface area contributed by atoms with Gasteiger partial charge in [-0.25, -0.2) is 0 Å². The summed E-state index contributed by atoms with van der Waals surface area (Å²) in [5.41, 5.74) is 0. The molecule has 3 atom stereocenters. The first-order chi connectivity index (χ1) is 7.88. The smallest absolute Gasteiger partial charge is 0 e. The molecule has 6 radical (unpaired) electrons. The Morgan fingerprint density at radius 2 is 1.43 bits per heavy atom. The average molecular weight is 300 g/mol. The Balaban J connectivity index is -0.0000000355. The highest BCUT2D eigenvalue weighted by Crippen LogP contribution is 2.35. The van der Waals surface area contributed by atoms with E-state index in [2.05, 4.69) is 48.5 Å². The fourth-order valence-corrected chi connectivity index (χ4v) is 3.14. The van der Waals surface area contributed by atoms with Crippen molar-refractivity contribution in [3.8, 4) is 0 Å². The van der Waals surface area contributed by atoms with Crippen LogP contribution in [0.3, 0.4) is 0 Å². The van der Waals surface area contributed by atoms with Crippen LogP contribution in [0.5, 0.6) is 0 Å². The predicted octanol–water partition coefficient (Wildman–Crippen LogP) is 7.16. The Hall–Kier alpha value is 0.130. The van der Waals surface area contributed by atoms with Crippen LogP contribution in [0.4, 0.5) is 0 Å². The van der Waals surface area contributed by atoms with Gasteiger partial charge < -0.3 is 0 Å². The minimum Gasteiger partial charge on any atom is -0.0776 e. The third kappa shape index (κ3) is 16.3. The van der Waals surface area contributed by atoms with Gasteiger partial charge in [0.15, 0.2) is 0 Å². The molecule has 0 aromatic rings. The zero-order chi connectivity index (χ0) is 13.4. The summed E-state index contributed by atoms with van der Waals surface area (Å²) >= 11 is 0. The van der Waals surface area contributed by atoms with Gasteiger partial charge in [0.2, 0.25) is 0 Å². The number of hydrogen-bond acceptors (Lipinski definition) is 0. The summed E-state index contributed by atoms with van der Waals surface area (Å²) in [6.45, 7) is 16.3. The van der Waals surface area contributed by atoms with Gasteiger partial charge in [0.1, 0.15) is 0 Å². The molecule has 1 rings (SSSR count). The first-order valence-corrected chi connectivity index (χ1v) is 7.88. The van der Waals surface area contributed by atoms with Crippen molar-refractivity contribution in [1.82, 2.24) is 0 Å². The Bertz CT molecular complexity index is 188. The van der Waals surface area contributed by atoms with Crippen molar-refractivity contribution in [2.75, 3.05) is 0 Å². The topological polar surface area (TPSA) is 0 Å². The zero-order valence-electron chi connectivity index (χ0n) is 14.6. The molecule has 0 N–H and O–H groups in total. The third-order valence-corrected chi connectivity index (χ3v) is 4.35. The fourth-order valence-electron chi connectivity index (χ4n) is 3.14. The molecular weight excluding hydrogens is 250 g/mol. The highest BCUT2D eigenvalue weighted by molar-refractivity contribution is 5.76. The van der Waals surface area contributed by atoms with E-state index in [1.807, 2.05) is 0 Å². The zero-order valence-corrected chi connectivity index (χ0v) is 14.6. The Labute approximate surface area is 145 Å². The maximum absolute atomic E-state index is 2.40. The summed E-state index contributed by atoms with van der Waals surface area (Å²) in [7, 11) is 0. The van der Waals surface area contributed by atoms with E-state index < -0.39 is 0 Å². The first-order valence-electron chi connectivity index (χ1n) is 7.88. The van der Waals surface area contributed by atoms with Crippen molar-refractivity contribution in [2.45, 2.75) is 95.4 Å². The maximum atomic E-state index is 2.40. The molecule has 0 aromatic carbocycles. The molecule has 0 heterocycles. The molecule has 3 unspecified atom stereocenters. The molecule has 0 bridgehead atoms. The molecule has 0 amide bonds. The van der Waals surface area contributed by atoms with Crippen LogP contribution in [-0.4, -0.2) is 16.8 Å². The summed E-state index contributed by atoms with van der Waals surface area (Å²) in [6.07, 6.45) is 7.15. The third-order valence-electron chi connectivity index (χ3n) is 4.35. The van der Waals surface area contributed by atoms with Crippen LogP contribution in [-0.2, 0) is 0 Å². The van der Waals surface area contributed by atoms with Gasteiger partial charge in [0.05, 0.1) is 0 Å². The van der Waals surface area contributed by atoms with Gasteiger partial charge in [-0.1, -0.05) is 82.6 Å². The molecule has 1 fully saturated rings. The minimum absolute atomic E-state index is 0. The average Bonchev–Trinajstić information content (AvgIpc) is 2.64. The van der Waals surface area contributed by atoms with E-state index in [0.717, 1.165) is 29.6 Å². The van der Waals surface area contributed by atoms with E-state index in [9.17, 15) is 0 Å². The lowest BCUT2D eigenvalue weighted by molar-refractivity contribution is 0.314. The van der Waals surface area contributed by atoms with Gasteiger partial charge >= 0.3 is 0 Å². The molecule has 0 spiro atoms. The van der Waals surface area contributed by atoms with Crippen molar-refractivity contribution in [3.63, 3.8) is 0 Å². The van der Waals surface area contributed by atoms with E-state index >= 15 is 0 Å². The Morgan fingerprint density at radius 1 is 0.952 bits per heavy atom. The Morgan fingerprint density at radius 3 is 1.57 bits per heavy atom. The molecule has 21 heavy (non-hydrogen) atoms. The van der Waals surface area contributed by atoms with Gasteiger partial charge in [-0.15, -0.1) is 0 Å². The predicted molar refractivity (Wildman–Crippen MR) is 109 cm³/mol. The SMILES string of the molecule is C.C.CC(C)C1CCCC1C.CCC(C)CC(C)C.[2HH].[2HH].[B].[B]. The highest BCUT2D eigenvalue weighted by atomic mass is 14.3. The van der Waals surface area contributed by atoms with Crippen molar-refractivity contribution in [3.05, 3.63) is 0 Å². The lowest BCUT2D eigenvalue weighted by Gasteiger charge is -2.18. The quantitative estimate of drug-likeness (QED) is 0.483. The van der Waals surface area contributed by atoms with Crippen LogP contribution in [0, 0.1) is 29.6 Å². The van der Waals surface area contributed by atoms with E-state index in [-0.39, 0.29) is 34.5 Å². The van der Waals surface area contributed by atoms with Crippen molar-refractivity contribution in [2.24, 2.45) is 29.6 Å². The van der Waals surface area contributed by atoms with Gasteiger partial charge in [-0.3, -0.25) is 0 Å². The molecule has 1 saturated carbocycles. The first kappa shape index (κ1) is 32.9. The van der Waals surface area contributed by atoms with Gasteiger partial charge in [0.25, 0.3) is 0 Å². The van der Waals surface area contributed by atoms with Gasteiger partial charge in [0, 0.05) is 19.7 Å². The molecule has 0 aromatic heterocycles. The standard InChI is InChI=1S/C9H18.C8H18.2CH4.2B.2H2/c1-7(2)9-6-4-5-8(9)3;1-5-8(4)6-7(2)3;;;;;;/h7-9H,4-6H2,1-3H3;7-8H,5-6H2,1-4H3;2*1H4;;;2*1H/i;;;;;;2*1+1. The normalized spacial score (nSPS) is 21.0. The lowest BCUT2D eigenvalue weighted by atomic mass is 9.87. The monoisotopic (exact) mass is 300 g/mol. The summed E-state index contributed by atoms with van der Waals surface area (Å²) in [6, 6.07) is 0. The summed E-state index contributed by atoms with van der Waals surface area (Å²) < 4.78 is 0. The maximum Gasteiger partial charge on any atom is 0 e. The van der Waals surface area contributed by atoms with Crippen molar-refractivity contribution >= 4 is 16.8 Å². The molecule has 0 saturated heterocycles. The van der Waals surface area contributed by atoms with E-state index in [1.54, 1.807) is 0 Å². The second-order valence-electron chi connectivity index (χ2n) is 6.96. The van der Waals surface area contributed by atoms with E-state index in [1.165, 1.54) is 32.1 Å². The molecule has 1 aliphatic rings. The van der Waals surface area contributed by atoms with Gasteiger partial charge in [-0.05, 0) is 42.4 Å². The van der Waals surface area contributed by atoms with E-state index in [4.69, 9.17) is 0 Å². The number of hydrogen-bond donors (Lipinski definition) is 0. The van der Waals surface area contributed by atoms with Gasteiger partial charge in [-0.2, -0.15) is 0 Å². The second kappa shape index (κ2) is 18.2. The summed E-state index contributed by atoms with van der Waals surface area (Å²) in [4.78, 5) is 0. The molecular formula is C19H48B2. The molecule has 130 valence electrons. The van der Waals surface area contributed by atoms with Crippen LogP contribution >= 0.6 is 0 Å².